The highest BCUT2D eigenvalue weighted by Crippen LogP contribution is 2.22. The first kappa shape index (κ1) is 15.5. The normalized spacial score (nSPS) is 25.0. The van der Waals surface area contributed by atoms with Crippen molar-refractivity contribution in [1.82, 2.24) is 14.0 Å². The summed E-state index contributed by atoms with van der Waals surface area (Å²) in [6.07, 6.45) is 1.07. The second-order valence-corrected chi connectivity index (χ2v) is 7.59. The number of rotatable bonds is 4. The van der Waals surface area contributed by atoms with Gasteiger partial charge in [-0.15, -0.1) is 0 Å². The van der Waals surface area contributed by atoms with Gasteiger partial charge in [0.1, 0.15) is 5.76 Å². The van der Waals surface area contributed by atoms with E-state index in [1.54, 1.807) is 0 Å². The van der Waals surface area contributed by atoms with Crippen molar-refractivity contribution in [3.05, 3.63) is 17.3 Å². The molecule has 2 unspecified atom stereocenters. The summed E-state index contributed by atoms with van der Waals surface area (Å²) in [6, 6.07) is 0. The van der Waals surface area contributed by atoms with E-state index in [2.05, 4.69) is 23.6 Å². The van der Waals surface area contributed by atoms with Gasteiger partial charge in [0.2, 0.25) is 5.89 Å². The Hall–Kier alpha value is -0.920. The molecule has 20 heavy (non-hydrogen) atoms. The van der Waals surface area contributed by atoms with E-state index in [9.17, 15) is 8.42 Å². The minimum absolute atomic E-state index is 0.0935. The molecule has 0 bridgehead atoms. The second kappa shape index (κ2) is 5.83. The monoisotopic (exact) mass is 301 g/mol. The van der Waals surface area contributed by atoms with Gasteiger partial charge >= 0.3 is 0 Å². The molecular formula is C13H23N3O3S. The molecule has 1 fully saturated rings. The molecule has 0 amide bonds. The van der Waals surface area contributed by atoms with Crippen LogP contribution in [0.4, 0.5) is 0 Å². The largest absolute Gasteiger partial charge is 0.444 e. The van der Waals surface area contributed by atoms with Crippen LogP contribution in [0.15, 0.2) is 4.42 Å². The molecule has 114 valence electrons. The third-order valence-electron chi connectivity index (χ3n) is 3.65. The van der Waals surface area contributed by atoms with Crippen molar-refractivity contribution in [2.24, 2.45) is 11.8 Å². The Kier molecular flexibility index (Phi) is 4.51. The predicted molar refractivity (Wildman–Crippen MR) is 76.3 cm³/mol. The molecular weight excluding hydrogens is 278 g/mol. The van der Waals surface area contributed by atoms with E-state index >= 15 is 0 Å². The summed E-state index contributed by atoms with van der Waals surface area (Å²) in [7, 11) is -3.47. The highest BCUT2D eigenvalue weighted by molar-refractivity contribution is 7.87. The summed E-state index contributed by atoms with van der Waals surface area (Å²) in [4.78, 5) is 4.18. The van der Waals surface area contributed by atoms with E-state index in [4.69, 9.17) is 4.42 Å². The summed E-state index contributed by atoms with van der Waals surface area (Å²) in [5.74, 6) is 1.91. The molecule has 7 heteroatoms. The number of piperidine rings is 1. The van der Waals surface area contributed by atoms with Crippen LogP contribution >= 0.6 is 0 Å². The fourth-order valence-corrected chi connectivity index (χ4v) is 4.05. The van der Waals surface area contributed by atoms with Crippen LogP contribution < -0.4 is 4.72 Å². The van der Waals surface area contributed by atoms with Crippen LogP contribution in [-0.2, 0) is 16.8 Å². The van der Waals surface area contributed by atoms with E-state index in [-0.39, 0.29) is 6.54 Å². The van der Waals surface area contributed by atoms with E-state index in [1.807, 2.05) is 13.8 Å². The topological polar surface area (TPSA) is 75.4 Å². The first-order valence-electron chi connectivity index (χ1n) is 6.95. The zero-order valence-electron chi connectivity index (χ0n) is 12.5. The van der Waals surface area contributed by atoms with Crippen molar-refractivity contribution in [3.63, 3.8) is 0 Å². The van der Waals surface area contributed by atoms with Gasteiger partial charge < -0.3 is 4.42 Å². The lowest BCUT2D eigenvalue weighted by atomic mass is 9.94. The van der Waals surface area contributed by atoms with Crippen LogP contribution in [0.5, 0.6) is 0 Å². The molecule has 2 rings (SSSR count). The Morgan fingerprint density at radius 1 is 1.30 bits per heavy atom. The van der Waals surface area contributed by atoms with Crippen LogP contribution in [0.3, 0.4) is 0 Å². The Morgan fingerprint density at radius 2 is 1.90 bits per heavy atom. The second-order valence-electron chi connectivity index (χ2n) is 5.84. The van der Waals surface area contributed by atoms with Crippen LogP contribution in [0.25, 0.3) is 0 Å². The van der Waals surface area contributed by atoms with Crippen LogP contribution in [0, 0.1) is 25.7 Å². The zero-order valence-corrected chi connectivity index (χ0v) is 13.3. The fourth-order valence-electron chi connectivity index (χ4n) is 2.66. The SMILES string of the molecule is Cc1nc(CNS(=O)(=O)N2CC(C)CC(C)C2)oc1C. The Bertz CT molecular complexity index is 538. The maximum Gasteiger partial charge on any atom is 0.279 e. The molecule has 1 saturated heterocycles. The van der Waals surface area contributed by atoms with Gasteiger partial charge in [0, 0.05) is 13.1 Å². The number of aryl methyl sites for hydroxylation is 2. The number of nitrogens with one attached hydrogen (secondary N) is 1. The average molecular weight is 301 g/mol. The third kappa shape index (κ3) is 3.59. The van der Waals surface area contributed by atoms with Crippen molar-refractivity contribution < 1.29 is 12.8 Å². The average Bonchev–Trinajstić information content (AvgIpc) is 2.65. The number of aromatic nitrogens is 1. The van der Waals surface area contributed by atoms with Gasteiger partial charge in [0.05, 0.1) is 12.2 Å². The lowest BCUT2D eigenvalue weighted by Gasteiger charge is -2.33. The first-order valence-corrected chi connectivity index (χ1v) is 8.39. The smallest absolute Gasteiger partial charge is 0.279 e. The van der Waals surface area contributed by atoms with Crippen molar-refractivity contribution in [2.45, 2.75) is 40.7 Å². The van der Waals surface area contributed by atoms with Crippen molar-refractivity contribution in [3.8, 4) is 0 Å². The Labute approximate surface area is 120 Å². The summed E-state index contributed by atoms with van der Waals surface area (Å²) < 4.78 is 34.0. The number of nitrogens with zero attached hydrogens (tertiary/aromatic N) is 2. The van der Waals surface area contributed by atoms with Crippen LogP contribution in [0.2, 0.25) is 0 Å². The number of hydrogen-bond donors (Lipinski definition) is 1. The van der Waals surface area contributed by atoms with Gasteiger partial charge in [-0.05, 0) is 32.1 Å². The molecule has 1 aromatic rings. The lowest BCUT2D eigenvalue weighted by Crippen LogP contribution is -2.47. The molecule has 0 spiro atoms. The lowest BCUT2D eigenvalue weighted by molar-refractivity contribution is 0.220. The first-order chi connectivity index (χ1) is 9.28. The molecule has 6 nitrogen and oxygen atoms in total. The molecule has 0 aliphatic carbocycles. The van der Waals surface area contributed by atoms with Gasteiger partial charge in [-0.1, -0.05) is 13.8 Å². The Morgan fingerprint density at radius 3 is 2.40 bits per heavy atom. The van der Waals surface area contributed by atoms with Crippen molar-refractivity contribution >= 4 is 10.2 Å². The molecule has 2 heterocycles. The Balaban J connectivity index is 2.00. The van der Waals surface area contributed by atoms with E-state index in [0.29, 0.717) is 30.8 Å². The maximum atomic E-state index is 12.3. The number of hydrogen-bond acceptors (Lipinski definition) is 4. The molecule has 1 N–H and O–H groups in total. The standard InChI is InChI=1S/C13H23N3O3S/c1-9-5-10(2)8-16(7-9)20(17,18)14-6-13-15-11(3)12(4)19-13/h9-10,14H,5-8H2,1-4H3. The molecule has 0 radical (unpaired) electrons. The number of oxazole rings is 1. The molecule has 0 saturated carbocycles. The van der Waals surface area contributed by atoms with Gasteiger partial charge in [0.25, 0.3) is 10.2 Å². The zero-order chi connectivity index (χ0) is 14.9. The molecule has 0 aromatic carbocycles. The van der Waals surface area contributed by atoms with Gasteiger partial charge in [-0.3, -0.25) is 0 Å². The van der Waals surface area contributed by atoms with Crippen LogP contribution in [0.1, 0.15) is 37.6 Å². The van der Waals surface area contributed by atoms with Gasteiger partial charge in [0.15, 0.2) is 0 Å². The summed E-state index contributed by atoms with van der Waals surface area (Å²) in [6.45, 7) is 9.06. The predicted octanol–water partition coefficient (Wildman–Crippen LogP) is 1.60. The highest BCUT2D eigenvalue weighted by Gasteiger charge is 2.30. The quantitative estimate of drug-likeness (QED) is 0.916. The van der Waals surface area contributed by atoms with Crippen molar-refractivity contribution in [1.29, 1.82) is 0 Å². The van der Waals surface area contributed by atoms with Crippen molar-refractivity contribution in [2.75, 3.05) is 13.1 Å². The van der Waals surface area contributed by atoms with Gasteiger partial charge in [-0.25, -0.2) is 4.98 Å². The minimum atomic E-state index is -3.47. The molecule has 1 aliphatic heterocycles. The van der Waals surface area contributed by atoms with E-state index in [1.165, 1.54) is 4.31 Å². The molecule has 2 atom stereocenters. The molecule has 1 aromatic heterocycles. The minimum Gasteiger partial charge on any atom is -0.444 e. The van der Waals surface area contributed by atoms with E-state index in [0.717, 1.165) is 17.9 Å². The van der Waals surface area contributed by atoms with E-state index < -0.39 is 10.2 Å². The summed E-state index contributed by atoms with van der Waals surface area (Å²) in [5, 5.41) is 0. The third-order valence-corrected chi connectivity index (χ3v) is 5.14. The van der Waals surface area contributed by atoms with Gasteiger partial charge in [-0.2, -0.15) is 17.4 Å². The fraction of sp³-hybridized carbons (Fsp3) is 0.769. The van der Waals surface area contributed by atoms with Crippen LogP contribution in [-0.4, -0.2) is 30.8 Å². The summed E-state index contributed by atoms with van der Waals surface area (Å²) >= 11 is 0. The highest BCUT2D eigenvalue weighted by atomic mass is 32.2. The molecule has 1 aliphatic rings. The summed E-state index contributed by atoms with van der Waals surface area (Å²) in [5.41, 5.74) is 0.791. The maximum absolute atomic E-state index is 12.3.